The molecule has 2 aromatic carbocycles. The summed E-state index contributed by atoms with van der Waals surface area (Å²) in [5.74, 6) is 1.51. The Morgan fingerprint density at radius 3 is 2.32 bits per heavy atom. The highest BCUT2D eigenvalue weighted by Gasteiger charge is 2.33. The first-order chi connectivity index (χ1) is 19.7. The van der Waals surface area contributed by atoms with Crippen molar-refractivity contribution in [2.24, 2.45) is 0 Å². The van der Waals surface area contributed by atoms with Gasteiger partial charge in [0.05, 0.1) is 38.1 Å². The van der Waals surface area contributed by atoms with Gasteiger partial charge in [-0.15, -0.1) is 0 Å². The normalized spacial score (nSPS) is 17.2. The van der Waals surface area contributed by atoms with Crippen LogP contribution >= 0.6 is 0 Å². The quantitative estimate of drug-likeness (QED) is 0.243. The van der Waals surface area contributed by atoms with Crippen molar-refractivity contribution in [3.8, 4) is 17.2 Å². The Bertz CT molecular complexity index is 1720. The van der Waals surface area contributed by atoms with Gasteiger partial charge in [0.1, 0.15) is 17.2 Å². The van der Waals surface area contributed by atoms with Gasteiger partial charge in [-0.25, -0.2) is 8.42 Å². The Hall–Kier alpha value is -4.46. The third-order valence-corrected chi connectivity index (χ3v) is 8.78. The molecule has 3 heterocycles. The predicted octanol–water partition coefficient (Wildman–Crippen LogP) is 4.51. The van der Waals surface area contributed by atoms with Crippen LogP contribution < -0.4 is 29.1 Å². The summed E-state index contributed by atoms with van der Waals surface area (Å²) in [4.78, 5) is 13.9. The number of rotatable bonds is 10. The fraction of sp³-hybridized carbons (Fsp3) is 0.370. The SMILES string of the molecule is COc1cc2c(NS(=O)(=O)c3c(OC)cc(N4C(=O)CC[C@H]4C)cc3OC)noc2cc1Nc1cc(C2CC2)[nH]n1. The van der Waals surface area contributed by atoms with Crippen LogP contribution in [0.3, 0.4) is 0 Å². The van der Waals surface area contributed by atoms with Crippen molar-refractivity contribution in [3.63, 3.8) is 0 Å². The number of anilines is 4. The first-order valence-corrected chi connectivity index (χ1v) is 14.6. The van der Waals surface area contributed by atoms with Crippen molar-refractivity contribution >= 4 is 49.9 Å². The zero-order chi connectivity index (χ0) is 28.9. The summed E-state index contributed by atoms with van der Waals surface area (Å²) in [5, 5.41) is 14.9. The van der Waals surface area contributed by atoms with E-state index in [1.54, 1.807) is 17.0 Å². The van der Waals surface area contributed by atoms with Crippen molar-refractivity contribution in [1.29, 1.82) is 0 Å². The molecule has 1 aliphatic heterocycles. The molecule has 4 aromatic rings. The van der Waals surface area contributed by atoms with E-state index in [1.165, 1.54) is 33.5 Å². The summed E-state index contributed by atoms with van der Waals surface area (Å²) in [6.07, 6.45) is 3.41. The van der Waals surface area contributed by atoms with Gasteiger partial charge in [0.15, 0.2) is 22.1 Å². The second-order valence-corrected chi connectivity index (χ2v) is 11.7. The molecule has 14 heteroatoms. The van der Waals surface area contributed by atoms with Crippen molar-refractivity contribution in [2.75, 3.05) is 36.3 Å². The van der Waals surface area contributed by atoms with Crippen LogP contribution in [0, 0.1) is 0 Å². The summed E-state index contributed by atoms with van der Waals surface area (Å²) in [7, 11) is -0.0911. The molecule has 0 unspecified atom stereocenters. The number of aromatic amines is 1. The number of benzene rings is 2. The average molecular weight is 583 g/mol. The number of ether oxygens (including phenoxy) is 3. The summed E-state index contributed by atoms with van der Waals surface area (Å²) >= 11 is 0. The molecule has 0 radical (unpaired) electrons. The highest BCUT2D eigenvalue weighted by atomic mass is 32.2. The summed E-state index contributed by atoms with van der Waals surface area (Å²) < 4.78 is 51.9. The van der Waals surface area contributed by atoms with Crippen LogP contribution in [-0.4, -0.2) is 57.1 Å². The molecule has 1 saturated carbocycles. The maximum absolute atomic E-state index is 13.7. The zero-order valence-corrected chi connectivity index (χ0v) is 23.8. The number of sulfonamides is 1. The Morgan fingerprint density at radius 1 is 1.00 bits per heavy atom. The number of hydrogen-bond acceptors (Lipinski definition) is 10. The van der Waals surface area contributed by atoms with E-state index in [2.05, 4.69) is 25.4 Å². The number of fused-ring (bicyclic) bond motifs is 1. The molecule has 2 aromatic heterocycles. The van der Waals surface area contributed by atoms with Gasteiger partial charge < -0.3 is 29.0 Å². The number of hydrogen-bond donors (Lipinski definition) is 3. The lowest BCUT2D eigenvalue weighted by atomic mass is 10.2. The fourth-order valence-electron chi connectivity index (χ4n) is 5.12. The number of aromatic nitrogens is 3. The van der Waals surface area contributed by atoms with E-state index in [0.717, 1.165) is 18.5 Å². The molecule has 1 atom stereocenters. The van der Waals surface area contributed by atoms with Gasteiger partial charge in [-0.1, -0.05) is 5.16 Å². The lowest BCUT2D eigenvalue weighted by Gasteiger charge is -2.24. The molecule has 41 heavy (non-hydrogen) atoms. The molecule has 6 rings (SSSR count). The molecule has 0 bridgehead atoms. The minimum Gasteiger partial charge on any atom is -0.495 e. The highest BCUT2D eigenvalue weighted by molar-refractivity contribution is 7.93. The Kier molecular flexibility index (Phi) is 6.64. The van der Waals surface area contributed by atoms with Crippen LogP contribution in [0.2, 0.25) is 0 Å². The number of carbonyl (C=O) groups is 1. The smallest absolute Gasteiger partial charge is 0.270 e. The molecule has 1 amide bonds. The van der Waals surface area contributed by atoms with Crippen LogP contribution in [0.4, 0.5) is 23.0 Å². The topological polar surface area (TPSA) is 161 Å². The molecular formula is C27H30N6O7S. The van der Waals surface area contributed by atoms with Gasteiger partial charge in [-0.05, 0) is 32.3 Å². The largest absolute Gasteiger partial charge is 0.495 e. The van der Waals surface area contributed by atoms with Gasteiger partial charge >= 0.3 is 0 Å². The van der Waals surface area contributed by atoms with Crippen LogP contribution in [-0.2, 0) is 14.8 Å². The van der Waals surface area contributed by atoms with Crippen molar-refractivity contribution in [1.82, 2.24) is 15.4 Å². The summed E-state index contributed by atoms with van der Waals surface area (Å²) in [6.45, 7) is 1.93. The highest BCUT2D eigenvalue weighted by Crippen LogP contribution is 2.43. The van der Waals surface area contributed by atoms with Crippen molar-refractivity contribution < 1.29 is 31.9 Å². The van der Waals surface area contributed by atoms with Crippen molar-refractivity contribution in [2.45, 2.75) is 49.5 Å². The van der Waals surface area contributed by atoms with Crippen LogP contribution in [0.15, 0.2) is 39.8 Å². The first-order valence-electron chi connectivity index (χ1n) is 13.1. The molecule has 13 nitrogen and oxygen atoms in total. The van der Waals surface area contributed by atoms with E-state index in [1.807, 2.05) is 13.0 Å². The van der Waals surface area contributed by atoms with E-state index in [-0.39, 0.29) is 34.2 Å². The number of carbonyl (C=O) groups excluding carboxylic acids is 1. The standard InChI is InChI=1S/C27H30N6O7S/c1-14-5-8-25(34)33(14)16-9-22(38-3)26(23(10-16)39-4)41(35,36)32-27-17-11-21(37-2)19(12-20(17)40-31-27)28-24-13-18(29-30-24)15-6-7-15/h9-15H,5-8H2,1-4H3,(H,31,32)(H2,28,29,30)/t14-/m1/s1. The number of amides is 1. The van der Waals surface area contributed by atoms with E-state index in [0.29, 0.717) is 52.7 Å². The predicted molar refractivity (Wildman–Crippen MR) is 151 cm³/mol. The molecule has 3 N–H and O–H groups in total. The Balaban J connectivity index is 1.33. The summed E-state index contributed by atoms with van der Waals surface area (Å²) in [5.41, 5.74) is 2.46. The molecule has 2 aliphatic rings. The molecule has 0 spiro atoms. The number of methoxy groups -OCH3 is 3. The lowest BCUT2D eigenvalue weighted by molar-refractivity contribution is -0.117. The molecule has 1 aliphatic carbocycles. The second-order valence-electron chi connectivity index (χ2n) is 10.1. The lowest BCUT2D eigenvalue weighted by Crippen LogP contribution is -2.30. The fourth-order valence-corrected chi connectivity index (χ4v) is 6.44. The Labute approximate surface area is 236 Å². The molecule has 2 fully saturated rings. The third-order valence-electron chi connectivity index (χ3n) is 7.38. The van der Waals surface area contributed by atoms with Gasteiger partial charge in [0.2, 0.25) is 5.91 Å². The Morgan fingerprint density at radius 2 is 1.71 bits per heavy atom. The van der Waals surface area contributed by atoms with Crippen molar-refractivity contribution in [3.05, 3.63) is 36.0 Å². The number of nitrogens with zero attached hydrogens (tertiary/aromatic N) is 3. The maximum atomic E-state index is 13.7. The monoisotopic (exact) mass is 582 g/mol. The number of H-pyrrole nitrogens is 1. The van der Waals surface area contributed by atoms with Crippen LogP contribution in [0.1, 0.15) is 44.2 Å². The first kappa shape index (κ1) is 26.7. The van der Waals surface area contributed by atoms with E-state index >= 15 is 0 Å². The zero-order valence-electron chi connectivity index (χ0n) is 23.0. The minimum absolute atomic E-state index is 0.0141. The van der Waals surface area contributed by atoms with Crippen LogP contribution in [0.5, 0.6) is 17.2 Å². The van der Waals surface area contributed by atoms with Crippen LogP contribution in [0.25, 0.3) is 11.0 Å². The molecule has 1 saturated heterocycles. The van der Waals surface area contributed by atoms with E-state index < -0.39 is 10.0 Å². The maximum Gasteiger partial charge on any atom is 0.270 e. The van der Waals surface area contributed by atoms with E-state index in [9.17, 15) is 13.2 Å². The minimum atomic E-state index is -4.30. The second kappa shape index (κ2) is 10.2. The van der Waals surface area contributed by atoms with Gasteiger partial charge in [0.25, 0.3) is 10.0 Å². The number of nitrogens with one attached hydrogen (secondary N) is 3. The molecular weight excluding hydrogens is 552 g/mol. The third kappa shape index (κ3) is 4.88. The van der Waals surface area contributed by atoms with Gasteiger partial charge in [-0.3, -0.25) is 14.6 Å². The van der Waals surface area contributed by atoms with E-state index in [4.69, 9.17) is 18.7 Å². The average Bonchev–Trinajstić information content (AvgIpc) is 3.45. The molecule has 216 valence electrons. The van der Waals surface area contributed by atoms with Gasteiger partial charge in [-0.2, -0.15) is 5.10 Å². The van der Waals surface area contributed by atoms with Gasteiger partial charge in [0, 0.05) is 48.3 Å². The summed E-state index contributed by atoms with van der Waals surface area (Å²) in [6, 6.07) is 8.23.